The zero-order valence-electron chi connectivity index (χ0n) is 11.8. The van der Waals surface area contributed by atoms with Crippen molar-refractivity contribution >= 4 is 45.0 Å². The van der Waals surface area contributed by atoms with Crippen LogP contribution in [0, 0.1) is 6.92 Å². The van der Waals surface area contributed by atoms with Crippen molar-refractivity contribution in [2.45, 2.75) is 16.7 Å². The summed E-state index contributed by atoms with van der Waals surface area (Å²) in [4.78, 5) is 1.10. The SMILES string of the molecule is Cc1ccc(SCCNS(=O)(=O)c2cc(Cl)ccc2Cl)cc1. The van der Waals surface area contributed by atoms with Crippen molar-refractivity contribution in [1.82, 2.24) is 4.72 Å². The molecule has 0 saturated heterocycles. The number of sulfonamides is 1. The van der Waals surface area contributed by atoms with Crippen LogP contribution in [0.5, 0.6) is 0 Å². The lowest BCUT2D eigenvalue weighted by Gasteiger charge is -2.08. The van der Waals surface area contributed by atoms with Crippen LogP contribution in [0.25, 0.3) is 0 Å². The van der Waals surface area contributed by atoms with Crippen molar-refractivity contribution in [3.05, 3.63) is 58.1 Å². The Hall–Kier alpha value is -0.720. The van der Waals surface area contributed by atoms with E-state index in [0.717, 1.165) is 4.90 Å². The first kappa shape index (κ1) is 17.6. The summed E-state index contributed by atoms with van der Waals surface area (Å²) in [7, 11) is -3.65. The first-order valence-electron chi connectivity index (χ1n) is 6.53. The van der Waals surface area contributed by atoms with Crippen molar-refractivity contribution < 1.29 is 8.42 Å². The van der Waals surface area contributed by atoms with Gasteiger partial charge in [-0.1, -0.05) is 40.9 Å². The summed E-state index contributed by atoms with van der Waals surface area (Å²) in [5, 5.41) is 0.488. The Labute approximate surface area is 145 Å². The number of thioether (sulfide) groups is 1. The summed E-state index contributed by atoms with van der Waals surface area (Å²) < 4.78 is 26.9. The van der Waals surface area contributed by atoms with Gasteiger partial charge in [-0.3, -0.25) is 0 Å². The highest BCUT2D eigenvalue weighted by Crippen LogP contribution is 2.25. The van der Waals surface area contributed by atoms with Gasteiger partial charge in [-0.15, -0.1) is 11.8 Å². The molecule has 22 heavy (non-hydrogen) atoms. The van der Waals surface area contributed by atoms with E-state index in [4.69, 9.17) is 23.2 Å². The summed E-state index contributed by atoms with van der Waals surface area (Å²) in [5.41, 5.74) is 1.20. The van der Waals surface area contributed by atoms with Gasteiger partial charge >= 0.3 is 0 Å². The van der Waals surface area contributed by atoms with Gasteiger partial charge in [0.05, 0.1) is 5.02 Å². The number of rotatable bonds is 6. The maximum atomic E-state index is 12.2. The zero-order chi connectivity index (χ0) is 16.2. The molecule has 0 aliphatic rings. The molecule has 0 unspecified atom stereocenters. The maximum Gasteiger partial charge on any atom is 0.242 e. The topological polar surface area (TPSA) is 46.2 Å². The molecule has 0 atom stereocenters. The molecule has 118 valence electrons. The standard InChI is InChI=1S/C15H15Cl2NO2S2/c1-11-2-5-13(6-3-11)21-9-8-18-22(19,20)15-10-12(16)4-7-14(15)17/h2-7,10,18H,8-9H2,1H3. The maximum absolute atomic E-state index is 12.2. The minimum absolute atomic E-state index is 0.00185. The predicted octanol–water partition coefficient (Wildman–Crippen LogP) is 4.37. The summed E-state index contributed by atoms with van der Waals surface area (Å²) in [6, 6.07) is 12.5. The molecule has 0 radical (unpaired) electrons. The van der Waals surface area contributed by atoms with Crippen LogP contribution in [0.1, 0.15) is 5.56 Å². The Morgan fingerprint density at radius 1 is 1.09 bits per heavy atom. The molecule has 2 aromatic rings. The molecular formula is C15H15Cl2NO2S2. The predicted molar refractivity (Wildman–Crippen MR) is 93.6 cm³/mol. The highest BCUT2D eigenvalue weighted by Gasteiger charge is 2.17. The highest BCUT2D eigenvalue weighted by molar-refractivity contribution is 7.99. The van der Waals surface area contributed by atoms with Crippen LogP contribution in [0.4, 0.5) is 0 Å². The van der Waals surface area contributed by atoms with Crippen LogP contribution in [0.2, 0.25) is 10.0 Å². The molecule has 3 nitrogen and oxygen atoms in total. The number of aryl methyl sites for hydroxylation is 1. The Morgan fingerprint density at radius 3 is 2.45 bits per heavy atom. The van der Waals surface area contributed by atoms with Gasteiger partial charge in [0, 0.05) is 22.2 Å². The van der Waals surface area contributed by atoms with Crippen molar-refractivity contribution in [1.29, 1.82) is 0 Å². The molecule has 0 amide bonds. The Morgan fingerprint density at radius 2 is 1.77 bits per heavy atom. The van der Waals surface area contributed by atoms with Gasteiger partial charge in [0.25, 0.3) is 0 Å². The fourth-order valence-electron chi connectivity index (χ4n) is 1.74. The largest absolute Gasteiger partial charge is 0.242 e. The average molecular weight is 376 g/mol. The minimum atomic E-state index is -3.65. The second-order valence-electron chi connectivity index (χ2n) is 4.63. The molecule has 7 heteroatoms. The number of halogens is 2. The molecule has 2 aromatic carbocycles. The lowest BCUT2D eigenvalue weighted by Crippen LogP contribution is -2.26. The number of benzene rings is 2. The molecule has 0 aliphatic carbocycles. The smallest absolute Gasteiger partial charge is 0.210 e. The normalized spacial score (nSPS) is 11.6. The molecule has 0 aliphatic heterocycles. The molecule has 0 heterocycles. The average Bonchev–Trinajstić information content (AvgIpc) is 2.48. The summed E-state index contributed by atoms with van der Waals surface area (Å²) in [6.45, 7) is 2.33. The summed E-state index contributed by atoms with van der Waals surface area (Å²) in [5.74, 6) is 0.625. The number of hydrogen-bond acceptors (Lipinski definition) is 3. The lowest BCUT2D eigenvalue weighted by molar-refractivity contribution is 0.584. The first-order chi connectivity index (χ1) is 10.4. The highest BCUT2D eigenvalue weighted by atomic mass is 35.5. The van der Waals surface area contributed by atoms with Crippen LogP contribution in [0.15, 0.2) is 52.3 Å². The van der Waals surface area contributed by atoms with Crippen LogP contribution >= 0.6 is 35.0 Å². The minimum Gasteiger partial charge on any atom is -0.210 e. The fraction of sp³-hybridized carbons (Fsp3) is 0.200. The molecule has 0 bridgehead atoms. The van der Waals surface area contributed by atoms with Gasteiger partial charge in [0.1, 0.15) is 4.90 Å². The second kappa shape index (κ2) is 7.70. The van der Waals surface area contributed by atoms with Crippen molar-refractivity contribution in [3.63, 3.8) is 0 Å². The molecule has 2 rings (SSSR count). The van der Waals surface area contributed by atoms with Crippen LogP contribution in [0.3, 0.4) is 0 Å². The third-order valence-electron chi connectivity index (χ3n) is 2.87. The van der Waals surface area contributed by atoms with Crippen LogP contribution in [-0.4, -0.2) is 20.7 Å². The Kier molecular flexibility index (Phi) is 6.17. The first-order valence-corrected chi connectivity index (χ1v) is 9.75. The van der Waals surface area contributed by atoms with Gasteiger partial charge < -0.3 is 0 Å². The van der Waals surface area contributed by atoms with Gasteiger partial charge in [-0.2, -0.15) is 0 Å². The molecule has 0 spiro atoms. The lowest BCUT2D eigenvalue weighted by atomic mass is 10.2. The molecular weight excluding hydrogens is 361 g/mol. The van der Waals surface area contributed by atoms with E-state index in [0.29, 0.717) is 17.3 Å². The summed E-state index contributed by atoms with van der Waals surface area (Å²) >= 11 is 13.3. The second-order valence-corrected chi connectivity index (χ2v) is 8.38. The van der Waals surface area contributed by atoms with E-state index in [1.165, 1.54) is 17.7 Å². The van der Waals surface area contributed by atoms with Gasteiger partial charge in [0.15, 0.2) is 0 Å². The quantitative estimate of drug-likeness (QED) is 0.602. The van der Waals surface area contributed by atoms with E-state index in [2.05, 4.69) is 4.72 Å². The molecule has 0 aromatic heterocycles. The van der Waals surface area contributed by atoms with E-state index >= 15 is 0 Å². The van der Waals surface area contributed by atoms with E-state index in [9.17, 15) is 8.42 Å². The fourth-order valence-corrected chi connectivity index (χ4v) is 4.43. The number of hydrogen-bond donors (Lipinski definition) is 1. The van der Waals surface area contributed by atoms with Crippen LogP contribution < -0.4 is 4.72 Å². The third-order valence-corrected chi connectivity index (χ3v) is 6.06. The van der Waals surface area contributed by atoms with Crippen molar-refractivity contribution in [2.75, 3.05) is 12.3 Å². The van der Waals surface area contributed by atoms with Gasteiger partial charge in [-0.25, -0.2) is 13.1 Å². The van der Waals surface area contributed by atoms with E-state index in [1.807, 2.05) is 31.2 Å². The monoisotopic (exact) mass is 375 g/mol. The Balaban J connectivity index is 1.93. The van der Waals surface area contributed by atoms with E-state index < -0.39 is 10.0 Å². The molecule has 1 N–H and O–H groups in total. The Bertz CT molecular complexity index is 747. The van der Waals surface area contributed by atoms with Crippen molar-refractivity contribution in [2.24, 2.45) is 0 Å². The molecule has 0 fully saturated rings. The van der Waals surface area contributed by atoms with Gasteiger partial charge in [0.2, 0.25) is 10.0 Å². The van der Waals surface area contributed by atoms with E-state index in [-0.39, 0.29) is 9.92 Å². The summed E-state index contributed by atoms with van der Waals surface area (Å²) in [6.07, 6.45) is 0. The number of nitrogens with one attached hydrogen (secondary N) is 1. The van der Waals surface area contributed by atoms with Gasteiger partial charge in [-0.05, 0) is 37.3 Å². The van der Waals surface area contributed by atoms with Crippen molar-refractivity contribution in [3.8, 4) is 0 Å². The zero-order valence-corrected chi connectivity index (χ0v) is 15.0. The molecule has 0 saturated carbocycles. The van der Waals surface area contributed by atoms with Crippen LogP contribution in [-0.2, 0) is 10.0 Å². The van der Waals surface area contributed by atoms with E-state index in [1.54, 1.807) is 17.8 Å². The third kappa shape index (κ3) is 4.89.